The van der Waals surface area contributed by atoms with Gasteiger partial charge in [-0.15, -0.1) is 0 Å². The number of benzene rings is 1. The number of nitrogens with zero attached hydrogens (tertiary/aromatic N) is 2. The summed E-state index contributed by atoms with van der Waals surface area (Å²) in [6.07, 6.45) is 3.31. The normalized spacial score (nSPS) is 19.6. The Kier molecular flexibility index (Phi) is 3.48. The fourth-order valence-corrected chi connectivity index (χ4v) is 2.31. The Labute approximate surface area is 115 Å². The van der Waals surface area contributed by atoms with E-state index in [1.807, 2.05) is 0 Å². The molecule has 4 nitrogen and oxygen atoms in total. The highest BCUT2D eigenvalue weighted by Crippen LogP contribution is 2.26. The zero-order valence-electron chi connectivity index (χ0n) is 10.2. The number of hydrogen-bond acceptors (Lipinski definition) is 4. The Balaban J connectivity index is 1.85. The van der Waals surface area contributed by atoms with Gasteiger partial charge >= 0.3 is 0 Å². The summed E-state index contributed by atoms with van der Waals surface area (Å²) in [6.45, 7) is 0.962. The van der Waals surface area contributed by atoms with E-state index < -0.39 is 5.82 Å². The van der Waals surface area contributed by atoms with Crippen LogP contribution >= 0.6 is 11.6 Å². The zero-order chi connectivity index (χ0) is 13.2. The summed E-state index contributed by atoms with van der Waals surface area (Å²) in [5.41, 5.74) is 0.538. The first kappa shape index (κ1) is 12.6. The van der Waals surface area contributed by atoms with Crippen LogP contribution in [-0.4, -0.2) is 16.7 Å². The van der Waals surface area contributed by atoms with Crippen molar-refractivity contribution in [1.82, 2.24) is 15.5 Å². The fraction of sp³-hybridized carbons (Fsp3) is 0.385. The van der Waals surface area contributed by atoms with E-state index in [-0.39, 0.29) is 11.1 Å². The van der Waals surface area contributed by atoms with Crippen molar-refractivity contribution in [2.45, 2.75) is 25.3 Å². The molecule has 1 aliphatic heterocycles. The van der Waals surface area contributed by atoms with E-state index in [1.165, 1.54) is 18.6 Å². The molecule has 0 saturated carbocycles. The Hall–Kier alpha value is -1.46. The molecule has 1 N–H and O–H groups in total. The van der Waals surface area contributed by atoms with Crippen LogP contribution < -0.4 is 5.32 Å². The monoisotopic (exact) mass is 281 g/mol. The third-order valence-corrected chi connectivity index (χ3v) is 3.54. The molecule has 1 aromatic carbocycles. The molecule has 0 aliphatic carbocycles. The van der Waals surface area contributed by atoms with Crippen molar-refractivity contribution >= 4 is 11.6 Å². The summed E-state index contributed by atoms with van der Waals surface area (Å²) in [5, 5.41) is 7.39. The van der Waals surface area contributed by atoms with Gasteiger partial charge in [0.05, 0.1) is 11.1 Å². The molecule has 1 fully saturated rings. The second kappa shape index (κ2) is 5.27. The lowest BCUT2D eigenvalue weighted by Gasteiger charge is -2.19. The summed E-state index contributed by atoms with van der Waals surface area (Å²) in [5.74, 6) is 0.456. The highest BCUT2D eigenvalue weighted by molar-refractivity contribution is 6.30. The Morgan fingerprint density at radius 1 is 1.37 bits per heavy atom. The van der Waals surface area contributed by atoms with Gasteiger partial charge in [-0.3, -0.25) is 0 Å². The number of piperidine rings is 1. The fourth-order valence-electron chi connectivity index (χ4n) is 2.20. The molecule has 1 aliphatic rings. The zero-order valence-corrected chi connectivity index (χ0v) is 11.0. The minimum Gasteiger partial charge on any atom is -0.334 e. The van der Waals surface area contributed by atoms with Gasteiger partial charge in [0.25, 0.3) is 5.89 Å². The molecule has 19 heavy (non-hydrogen) atoms. The molecule has 6 heteroatoms. The van der Waals surface area contributed by atoms with Crippen molar-refractivity contribution in [2.24, 2.45) is 0 Å². The molecule has 0 amide bonds. The maximum absolute atomic E-state index is 13.4. The van der Waals surface area contributed by atoms with Gasteiger partial charge in [-0.05, 0) is 37.6 Å². The van der Waals surface area contributed by atoms with E-state index in [4.69, 9.17) is 16.1 Å². The molecule has 0 spiro atoms. The van der Waals surface area contributed by atoms with Gasteiger partial charge in [0.1, 0.15) is 5.82 Å². The van der Waals surface area contributed by atoms with Crippen LogP contribution in [0.4, 0.5) is 4.39 Å². The molecule has 0 radical (unpaired) electrons. The molecule has 2 heterocycles. The quantitative estimate of drug-likeness (QED) is 0.917. The Bertz CT molecular complexity index is 581. The lowest BCUT2D eigenvalue weighted by Crippen LogP contribution is -2.27. The van der Waals surface area contributed by atoms with E-state index in [1.54, 1.807) is 6.07 Å². The van der Waals surface area contributed by atoms with Gasteiger partial charge in [-0.1, -0.05) is 23.2 Å². The van der Waals surface area contributed by atoms with Crippen LogP contribution in [0.25, 0.3) is 11.5 Å². The van der Waals surface area contributed by atoms with E-state index in [9.17, 15) is 4.39 Å². The minimum atomic E-state index is -0.491. The summed E-state index contributed by atoms with van der Waals surface area (Å²) < 4.78 is 18.6. The Morgan fingerprint density at radius 3 is 3.00 bits per heavy atom. The molecule has 3 rings (SSSR count). The van der Waals surface area contributed by atoms with Crippen LogP contribution in [0.5, 0.6) is 0 Å². The first-order chi connectivity index (χ1) is 9.24. The van der Waals surface area contributed by atoms with Gasteiger partial charge in [-0.2, -0.15) is 4.98 Å². The average molecular weight is 282 g/mol. The predicted molar refractivity (Wildman–Crippen MR) is 69.3 cm³/mol. The lowest BCUT2D eigenvalue weighted by molar-refractivity contribution is 0.367. The molecule has 2 aromatic rings. The van der Waals surface area contributed by atoms with E-state index in [0.29, 0.717) is 17.3 Å². The highest BCUT2D eigenvalue weighted by Gasteiger charge is 2.21. The maximum atomic E-state index is 13.4. The molecule has 100 valence electrons. The third-order valence-electron chi connectivity index (χ3n) is 3.23. The van der Waals surface area contributed by atoms with Crippen LogP contribution in [0.3, 0.4) is 0 Å². The maximum Gasteiger partial charge on any atom is 0.258 e. The Morgan fingerprint density at radius 2 is 2.26 bits per heavy atom. The predicted octanol–water partition coefficient (Wildman–Crippen LogP) is 3.34. The number of hydrogen-bond donors (Lipinski definition) is 1. The van der Waals surface area contributed by atoms with Gasteiger partial charge in [0.15, 0.2) is 5.82 Å². The summed E-state index contributed by atoms with van der Waals surface area (Å²) in [4.78, 5) is 4.32. The molecule has 1 aromatic heterocycles. The van der Waals surface area contributed by atoms with Gasteiger partial charge in [0.2, 0.25) is 0 Å². The molecular weight excluding hydrogens is 269 g/mol. The van der Waals surface area contributed by atoms with Crippen molar-refractivity contribution in [2.75, 3.05) is 6.54 Å². The second-order valence-electron chi connectivity index (χ2n) is 4.59. The standard InChI is InChI=1S/C13H13ClFN3O/c14-9-5-4-8(7-10(9)15)13-17-12(18-19-13)11-3-1-2-6-16-11/h4-5,7,11,16H,1-3,6H2. The van der Waals surface area contributed by atoms with Gasteiger partial charge < -0.3 is 9.84 Å². The van der Waals surface area contributed by atoms with Gasteiger partial charge in [0, 0.05) is 5.56 Å². The second-order valence-corrected chi connectivity index (χ2v) is 5.00. The van der Waals surface area contributed by atoms with Crippen LogP contribution in [0, 0.1) is 5.82 Å². The number of halogens is 2. The van der Waals surface area contributed by atoms with Crippen LogP contribution in [-0.2, 0) is 0 Å². The van der Waals surface area contributed by atoms with E-state index >= 15 is 0 Å². The molecule has 1 atom stereocenters. The minimum absolute atomic E-state index is 0.0810. The molecular formula is C13H13ClFN3O. The third kappa shape index (κ3) is 2.62. The molecule has 1 unspecified atom stereocenters. The average Bonchev–Trinajstić information content (AvgIpc) is 2.93. The van der Waals surface area contributed by atoms with Crippen LogP contribution in [0.1, 0.15) is 31.1 Å². The summed E-state index contributed by atoms with van der Waals surface area (Å²) in [6, 6.07) is 4.57. The van der Waals surface area contributed by atoms with Crippen molar-refractivity contribution < 1.29 is 8.91 Å². The molecule has 0 bridgehead atoms. The smallest absolute Gasteiger partial charge is 0.258 e. The van der Waals surface area contributed by atoms with E-state index in [0.717, 1.165) is 19.4 Å². The van der Waals surface area contributed by atoms with Gasteiger partial charge in [-0.25, -0.2) is 4.39 Å². The topological polar surface area (TPSA) is 51.0 Å². The number of rotatable bonds is 2. The first-order valence-corrected chi connectivity index (χ1v) is 6.64. The van der Waals surface area contributed by atoms with Crippen molar-refractivity contribution in [1.29, 1.82) is 0 Å². The summed E-state index contributed by atoms with van der Waals surface area (Å²) >= 11 is 5.64. The van der Waals surface area contributed by atoms with Crippen molar-refractivity contribution in [3.63, 3.8) is 0 Å². The first-order valence-electron chi connectivity index (χ1n) is 6.26. The van der Waals surface area contributed by atoms with Crippen molar-refractivity contribution in [3.05, 3.63) is 34.9 Å². The van der Waals surface area contributed by atoms with Crippen molar-refractivity contribution in [3.8, 4) is 11.5 Å². The number of aromatic nitrogens is 2. The largest absolute Gasteiger partial charge is 0.334 e. The van der Waals surface area contributed by atoms with Crippen LogP contribution in [0.15, 0.2) is 22.7 Å². The van der Waals surface area contributed by atoms with E-state index in [2.05, 4.69) is 15.5 Å². The highest BCUT2D eigenvalue weighted by atomic mass is 35.5. The SMILES string of the molecule is Fc1cc(-c2nc(C3CCCCN3)no2)ccc1Cl. The lowest BCUT2D eigenvalue weighted by atomic mass is 10.0. The summed E-state index contributed by atoms with van der Waals surface area (Å²) in [7, 11) is 0. The molecule has 1 saturated heterocycles. The number of nitrogens with one attached hydrogen (secondary N) is 1. The van der Waals surface area contributed by atoms with Crippen LogP contribution in [0.2, 0.25) is 5.02 Å².